The third-order valence-corrected chi connectivity index (χ3v) is 2.92. The summed E-state index contributed by atoms with van der Waals surface area (Å²) >= 11 is 0. The number of benzene rings is 1. The van der Waals surface area contributed by atoms with Gasteiger partial charge in [0.25, 0.3) is 0 Å². The fourth-order valence-corrected chi connectivity index (χ4v) is 1.82. The van der Waals surface area contributed by atoms with Gasteiger partial charge in [0.05, 0.1) is 18.5 Å². The number of ether oxygens (including phenoxy) is 1. The molecule has 6 heteroatoms. The molecule has 2 aromatic rings. The summed E-state index contributed by atoms with van der Waals surface area (Å²) in [5.74, 6) is 2.01. The van der Waals surface area contributed by atoms with Crippen molar-refractivity contribution in [3.05, 3.63) is 30.5 Å². The van der Waals surface area contributed by atoms with Crippen molar-refractivity contribution in [1.82, 2.24) is 15.2 Å². The van der Waals surface area contributed by atoms with Crippen LogP contribution in [0, 0.1) is 0 Å². The van der Waals surface area contributed by atoms with Crippen molar-refractivity contribution in [1.29, 1.82) is 0 Å². The maximum atomic E-state index is 5.57. The molecular weight excluding hydrogens is 254 g/mol. The summed E-state index contributed by atoms with van der Waals surface area (Å²) < 4.78 is 5.57. The minimum absolute atomic E-state index is 0.503. The molecule has 1 aliphatic rings. The molecule has 1 aliphatic carbocycles. The van der Waals surface area contributed by atoms with Gasteiger partial charge in [-0.2, -0.15) is 10.1 Å². The Morgan fingerprint density at radius 1 is 1.30 bits per heavy atom. The van der Waals surface area contributed by atoms with Crippen molar-refractivity contribution < 1.29 is 4.74 Å². The third kappa shape index (κ3) is 3.14. The second-order valence-electron chi connectivity index (χ2n) is 4.64. The van der Waals surface area contributed by atoms with Gasteiger partial charge in [-0.05, 0) is 31.9 Å². The van der Waals surface area contributed by atoms with E-state index < -0.39 is 0 Å². The topological polar surface area (TPSA) is 72.0 Å². The number of anilines is 3. The first kappa shape index (κ1) is 12.7. The average Bonchev–Trinajstić information content (AvgIpc) is 3.26. The number of nitrogens with one attached hydrogen (secondary N) is 2. The van der Waals surface area contributed by atoms with E-state index in [1.807, 2.05) is 31.2 Å². The fourth-order valence-electron chi connectivity index (χ4n) is 1.82. The van der Waals surface area contributed by atoms with E-state index in [9.17, 15) is 0 Å². The summed E-state index contributed by atoms with van der Waals surface area (Å²) in [6, 6.07) is 8.25. The summed E-state index contributed by atoms with van der Waals surface area (Å²) in [6.45, 7) is 2.58. The van der Waals surface area contributed by atoms with Crippen LogP contribution in [0.25, 0.3) is 0 Å². The lowest BCUT2D eigenvalue weighted by molar-refractivity contribution is 0.342. The number of para-hydroxylation sites is 2. The Labute approximate surface area is 117 Å². The lowest BCUT2D eigenvalue weighted by Crippen LogP contribution is -2.08. The minimum atomic E-state index is 0.503. The van der Waals surface area contributed by atoms with Gasteiger partial charge in [0, 0.05) is 6.04 Å². The normalized spacial score (nSPS) is 13.8. The highest BCUT2D eigenvalue weighted by Crippen LogP contribution is 2.27. The number of rotatable bonds is 6. The first-order valence-corrected chi connectivity index (χ1v) is 6.80. The maximum Gasteiger partial charge on any atom is 0.244 e. The highest BCUT2D eigenvalue weighted by molar-refractivity contribution is 5.63. The zero-order valence-corrected chi connectivity index (χ0v) is 11.3. The summed E-state index contributed by atoms with van der Waals surface area (Å²) in [4.78, 5) is 4.40. The Morgan fingerprint density at radius 3 is 2.95 bits per heavy atom. The lowest BCUT2D eigenvalue weighted by atomic mass is 10.3. The molecule has 1 saturated carbocycles. The highest BCUT2D eigenvalue weighted by Gasteiger charge is 2.22. The molecule has 0 aliphatic heterocycles. The van der Waals surface area contributed by atoms with E-state index in [0.29, 0.717) is 24.4 Å². The predicted molar refractivity (Wildman–Crippen MR) is 77.4 cm³/mol. The molecule has 1 fully saturated rings. The number of nitrogens with zero attached hydrogens (tertiary/aromatic N) is 3. The van der Waals surface area contributed by atoms with Gasteiger partial charge in [0.2, 0.25) is 5.95 Å². The molecule has 6 nitrogen and oxygen atoms in total. The molecule has 0 unspecified atom stereocenters. The molecule has 0 radical (unpaired) electrons. The van der Waals surface area contributed by atoms with E-state index >= 15 is 0 Å². The van der Waals surface area contributed by atoms with Gasteiger partial charge >= 0.3 is 0 Å². The van der Waals surface area contributed by atoms with Crippen LogP contribution >= 0.6 is 0 Å². The molecule has 1 heterocycles. The molecule has 0 amide bonds. The summed E-state index contributed by atoms with van der Waals surface area (Å²) in [5.41, 5.74) is 0.868. The molecular formula is C14H17N5O. The Balaban J connectivity index is 1.76. The Morgan fingerprint density at radius 2 is 2.15 bits per heavy atom. The second-order valence-corrected chi connectivity index (χ2v) is 4.64. The van der Waals surface area contributed by atoms with Crippen LogP contribution in [0.5, 0.6) is 5.75 Å². The van der Waals surface area contributed by atoms with Gasteiger partial charge in [-0.1, -0.05) is 12.1 Å². The summed E-state index contributed by atoms with van der Waals surface area (Å²) in [6.07, 6.45) is 3.95. The van der Waals surface area contributed by atoms with Crippen molar-refractivity contribution in [2.24, 2.45) is 0 Å². The van der Waals surface area contributed by atoms with Crippen molar-refractivity contribution in [2.45, 2.75) is 25.8 Å². The molecule has 0 bridgehead atoms. The highest BCUT2D eigenvalue weighted by atomic mass is 16.5. The van der Waals surface area contributed by atoms with Crippen LogP contribution in [0.15, 0.2) is 30.5 Å². The van der Waals surface area contributed by atoms with Crippen LogP contribution in [0.3, 0.4) is 0 Å². The number of hydrogen-bond donors (Lipinski definition) is 2. The lowest BCUT2D eigenvalue weighted by Gasteiger charge is -2.11. The summed E-state index contributed by atoms with van der Waals surface area (Å²) in [7, 11) is 0. The predicted octanol–water partition coefficient (Wildman–Crippen LogP) is 2.59. The smallest absolute Gasteiger partial charge is 0.244 e. The van der Waals surface area contributed by atoms with Gasteiger partial charge in [-0.25, -0.2) is 0 Å². The molecule has 1 aromatic carbocycles. The number of aromatic nitrogens is 3. The van der Waals surface area contributed by atoms with E-state index in [1.54, 1.807) is 6.20 Å². The van der Waals surface area contributed by atoms with Crippen molar-refractivity contribution in [3.8, 4) is 5.75 Å². The molecule has 2 N–H and O–H groups in total. The zero-order valence-electron chi connectivity index (χ0n) is 11.3. The SMILES string of the molecule is CCOc1ccccc1Nc1cnnc(NC2CC2)n1. The van der Waals surface area contributed by atoms with E-state index in [1.165, 1.54) is 12.8 Å². The standard InChI is InChI=1S/C14H17N5O/c1-2-20-12-6-4-3-5-11(12)17-13-9-15-19-14(18-13)16-10-7-8-10/h3-6,9-10H,2,7-8H2,1H3,(H2,16,17,18,19). The van der Waals surface area contributed by atoms with E-state index in [2.05, 4.69) is 25.8 Å². The zero-order chi connectivity index (χ0) is 13.8. The molecule has 3 rings (SSSR count). The third-order valence-electron chi connectivity index (χ3n) is 2.92. The first-order chi connectivity index (χ1) is 9.85. The van der Waals surface area contributed by atoms with Crippen LogP contribution in [-0.2, 0) is 0 Å². The molecule has 104 valence electrons. The van der Waals surface area contributed by atoms with Crippen molar-refractivity contribution >= 4 is 17.5 Å². The van der Waals surface area contributed by atoms with Crippen LogP contribution in [0.1, 0.15) is 19.8 Å². The largest absolute Gasteiger partial charge is 0.492 e. The van der Waals surface area contributed by atoms with Crippen molar-refractivity contribution in [3.63, 3.8) is 0 Å². The van der Waals surface area contributed by atoms with Crippen LogP contribution in [0.2, 0.25) is 0 Å². The second kappa shape index (κ2) is 5.73. The van der Waals surface area contributed by atoms with Gasteiger partial charge in [-0.15, -0.1) is 5.10 Å². The quantitative estimate of drug-likeness (QED) is 0.841. The Hall–Kier alpha value is -2.37. The van der Waals surface area contributed by atoms with E-state index in [4.69, 9.17) is 4.74 Å². The molecule has 0 saturated heterocycles. The van der Waals surface area contributed by atoms with Gasteiger partial charge < -0.3 is 15.4 Å². The van der Waals surface area contributed by atoms with Crippen molar-refractivity contribution in [2.75, 3.05) is 17.2 Å². The molecule has 0 spiro atoms. The minimum Gasteiger partial charge on any atom is -0.492 e. The van der Waals surface area contributed by atoms with Crippen LogP contribution in [0.4, 0.5) is 17.5 Å². The van der Waals surface area contributed by atoms with Gasteiger partial charge in [0.1, 0.15) is 5.75 Å². The van der Waals surface area contributed by atoms with E-state index in [-0.39, 0.29) is 0 Å². The Bertz CT molecular complexity index is 585. The van der Waals surface area contributed by atoms with Crippen LogP contribution in [-0.4, -0.2) is 27.8 Å². The molecule has 0 atom stereocenters. The number of hydrogen-bond acceptors (Lipinski definition) is 6. The summed E-state index contributed by atoms with van der Waals surface area (Å²) in [5, 5.41) is 14.4. The molecule has 20 heavy (non-hydrogen) atoms. The average molecular weight is 271 g/mol. The molecule has 1 aromatic heterocycles. The monoisotopic (exact) mass is 271 g/mol. The van der Waals surface area contributed by atoms with E-state index in [0.717, 1.165) is 11.4 Å². The van der Waals surface area contributed by atoms with Gasteiger partial charge in [-0.3, -0.25) is 0 Å². The Kier molecular flexibility index (Phi) is 3.62. The van der Waals surface area contributed by atoms with Gasteiger partial charge in [0.15, 0.2) is 5.82 Å². The maximum absolute atomic E-state index is 5.57. The first-order valence-electron chi connectivity index (χ1n) is 6.80. The fraction of sp³-hybridized carbons (Fsp3) is 0.357. The van der Waals surface area contributed by atoms with Crippen LogP contribution < -0.4 is 15.4 Å².